The summed E-state index contributed by atoms with van der Waals surface area (Å²) in [5, 5.41) is 10.1. The molecule has 2 atom stereocenters. The molecule has 1 aromatic carbocycles. The van der Waals surface area contributed by atoms with E-state index in [1.165, 1.54) is 23.1 Å². The Morgan fingerprint density at radius 3 is 2.72 bits per heavy atom. The third-order valence-electron chi connectivity index (χ3n) is 7.26. The zero-order valence-corrected chi connectivity index (χ0v) is 24.4. The molecule has 19 heteroatoms. The monoisotopic (exact) mass is 637 g/mol. The van der Waals surface area contributed by atoms with Gasteiger partial charge in [0.15, 0.2) is 0 Å². The van der Waals surface area contributed by atoms with Crippen molar-refractivity contribution in [3.05, 3.63) is 77.3 Å². The quantitative estimate of drug-likeness (QED) is 0.0442. The third-order valence-corrected chi connectivity index (χ3v) is 7.26. The average molecular weight is 638 g/mol. The summed E-state index contributed by atoms with van der Waals surface area (Å²) < 4.78 is 15.6. The molecule has 46 heavy (non-hydrogen) atoms. The van der Waals surface area contributed by atoms with Crippen molar-refractivity contribution >= 4 is 39.7 Å². The van der Waals surface area contributed by atoms with Crippen LogP contribution in [0.25, 0.3) is 32.4 Å². The summed E-state index contributed by atoms with van der Waals surface area (Å²) in [6.07, 6.45) is 1.82. The second-order valence-corrected chi connectivity index (χ2v) is 10.3. The number of aromatic nitrogens is 4. The normalized spacial score (nSPS) is 16.1. The van der Waals surface area contributed by atoms with Crippen LogP contribution < -0.4 is 33.3 Å². The number of aromatic amines is 3. The van der Waals surface area contributed by atoms with E-state index in [9.17, 15) is 24.0 Å². The first kappa shape index (κ1) is 31.9. The van der Waals surface area contributed by atoms with E-state index in [1.807, 2.05) is 0 Å². The van der Waals surface area contributed by atoms with Gasteiger partial charge in [-0.1, -0.05) is 5.11 Å². The highest BCUT2D eigenvalue weighted by Crippen LogP contribution is 2.24. The molecule has 7 N–H and O–H groups in total. The van der Waals surface area contributed by atoms with E-state index < -0.39 is 35.3 Å². The summed E-state index contributed by atoms with van der Waals surface area (Å²) in [4.78, 5) is 77.9. The zero-order chi connectivity index (χ0) is 32.6. The molecule has 3 aromatic heterocycles. The molecule has 5 rings (SSSR count). The van der Waals surface area contributed by atoms with E-state index in [1.54, 1.807) is 6.20 Å². The maximum absolute atomic E-state index is 13.4. The summed E-state index contributed by atoms with van der Waals surface area (Å²) in [6, 6.07) is 2.55. The van der Waals surface area contributed by atoms with Crippen molar-refractivity contribution in [2.75, 3.05) is 51.8 Å². The largest absolute Gasteiger partial charge is 0.419 e. The van der Waals surface area contributed by atoms with Crippen molar-refractivity contribution in [1.29, 1.82) is 0 Å². The fourth-order valence-electron chi connectivity index (χ4n) is 5.16. The lowest BCUT2D eigenvalue weighted by atomic mass is 10.1. The molecule has 1 aliphatic heterocycles. The predicted molar refractivity (Wildman–Crippen MR) is 163 cm³/mol. The van der Waals surface area contributed by atoms with Gasteiger partial charge in [-0.05, 0) is 35.7 Å². The topological polar surface area (TPSA) is 279 Å². The van der Waals surface area contributed by atoms with Crippen molar-refractivity contribution in [2.45, 2.75) is 25.0 Å². The lowest BCUT2D eigenvalue weighted by Gasteiger charge is -2.24. The SMILES string of the molecule is [N-]=[N+]=N[C@H]1C[C@@H](C(=O)NCCOCCOCCNCc2c[nH]c3nc(N)[nH]c(=O)c23)N(C(=O)c2ccc3c(=O)oc(=O)[nH]c3c2)C1. The van der Waals surface area contributed by atoms with Crippen molar-refractivity contribution in [3.8, 4) is 0 Å². The van der Waals surface area contributed by atoms with Crippen LogP contribution in [0, 0.1) is 0 Å². The van der Waals surface area contributed by atoms with Crippen molar-refractivity contribution in [2.24, 2.45) is 5.11 Å². The summed E-state index contributed by atoms with van der Waals surface area (Å²) in [5.74, 6) is -1.90. The molecule has 242 valence electrons. The molecule has 4 heterocycles. The minimum Gasteiger partial charge on any atom is -0.378 e. The highest BCUT2D eigenvalue weighted by molar-refractivity contribution is 6.00. The van der Waals surface area contributed by atoms with Crippen LogP contribution in [-0.4, -0.2) is 94.8 Å². The fourth-order valence-corrected chi connectivity index (χ4v) is 5.16. The number of carbonyl (C=O) groups excluding carboxylic acids is 2. The van der Waals surface area contributed by atoms with Gasteiger partial charge in [0.05, 0.1) is 48.8 Å². The molecule has 0 unspecified atom stereocenters. The Kier molecular flexibility index (Phi) is 10.1. The van der Waals surface area contributed by atoms with Crippen LogP contribution in [0.4, 0.5) is 5.95 Å². The van der Waals surface area contributed by atoms with E-state index in [-0.39, 0.29) is 60.7 Å². The van der Waals surface area contributed by atoms with Gasteiger partial charge in [0.1, 0.15) is 11.7 Å². The molecule has 0 aliphatic carbocycles. The Labute approximate surface area is 258 Å². The van der Waals surface area contributed by atoms with Crippen LogP contribution in [0.2, 0.25) is 0 Å². The van der Waals surface area contributed by atoms with Crippen LogP contribution in [0.15, 0.2) is 48.3 Å². The van der Waals surface area contributed by atoms with Gasteiger partial charge in [0, 0.05) is 42.9 Å². The van der Waals surface area contributed by atoms with Crippen LogP contribution in [-0.2, 0) is 20.8 Å². The predicted octanol–water partition coefficient (Wildman–Crippen LogP) is -0.539. The lowest BCUT2D eigenvalue weighted by molar-refractivity contribution is -0.125. The van der Waals surface area contributed by atoms with Crippen LogP contribution in [0.3, 0.4) is 0 Å². The van der Waals surface area contributed by atoms with E-state index in [2.05, 4.69) is 45.0 Å². The Bertz CT molecular complexity index is 1960. The van der Waals surface area contributed by atoms with Gasteiger partial charge >= 0.3 is 11.4 Å². The minimum atomic E-state index is -0.961. The van der Waals surface area contributed by atoms with Crippen LogP contribution in [0.1, 0.15) is 22.3 Å². The number of nitrogens with zero attached hydrogens (tertiary/aromatic N) is 5. The van der Waals surface area contributed by atoms with Crippen LogP contribution in [0.5, 0.6) is 0 Å². The molecule has 1 fully saturated rings. The van der Waals surface area contributed by atoms with E-state index in [0.717, 1.165) is 5.56 Å². The molecular weight excluding hydrogens is 606 g/mol. The molecule has 0 spiro atoms. The molecular formula is C27H31N11O8. The molecule has 19 nitrogen and oxygen atoms in total. The van der Waals surface area contributed by atoms with Gasteiger partial charge < -0.3 is 40.1 Å². The number of azide groups is 1. The van der Waals surface area contributed by atoms with Crippen molar-refractivity contribution < 1.29 is 23.5 Å². The van der Waals surface area contributed by atoms with Gasteiger partial charge in [-0.3, -0.25) is 24.4 Å². The number of nitrogens with two attached hydrogens (primary N) is 1. The van der Waals surface area contributed by atoms with Crippen molar-refractivity contribution in [3.63, 3.8) is 0 Å². The number of benzene rings is 1. The molecule has 1 saturated heterocycles. The number of hydrogen-bond donors (Lipinski definition) is 6. The zero-order valence-electron chi connectivity index (χ0n) is 24.4. The second kappa shape index (κ2) is 14.5. The Hall–Kier alpha value is -5.49. The summed E-state index contributed by atoms with van der Waals surface area (Å²) >= 11 is 0. The summed E-state index contributed by atoms with van der Waals surface area (Å²) in [5.41, 5.74) is 14.7. The van der Waals surface area contributed by atoms with E-state index in [4.69, 9.17) is 20.7 Å². The van der Waals surface area contributed by atoms with Gasteiger partial charge in [-0.2, -0.15) is 4.98 Å². The maximum Gasteiger partial charge on any atom is 0.419 e. The number of ether oxygens (including phenoxy) is 2. The number of anilines is 1. The summed E-state index contributed by atoms with van der Waals surface area (Å²) in [7, 11) is 0. The Morgan fingerprint density at radius 2 is 1.93 bits per heavy atom. The number of H-pyrrole nitrogens is 3. The number of rotatable bonds is 14. The Morgan fingerprint density at radius 1 is 1.15 bits per heavy atom. The third kappa shape index (κ3) is 7.41. The first-order chi connectivity index (χ1) is 22.2. The van der Waals surface area contributed by atoms with E-state index >= 15 is 0 Å². The molecule has 0 radical (unpaired) electrons. The Balaban J connectivity index is 1.02. The second-order valence-electron chi connectivity index (χ2n) is 10.3. The maximum atomic E-state index is 13.4. The van der Waals surface area contributed by atoms with Crippen molar-refractivity contribution in [1.82, 2.24) is 35.5 Å². The number of nitrogen functional groups attached to an aromatic ring is 1. The van der Waals surface area contributed by atoms with Crippen LogP contribution >= 0.6 is 0 Å². The molecule has 1 aliphatic rings. The highest BCUT2D eigenvalue weighted by atomic mass is 16.5. The smallest absolute Gasteiger partial charge is 0.378 e. The standard InChI is InChI=1S/C27H31N11O8/c28-26-34-21-20(23(40)35-26)15(12-32-21)11-30-3-5-44-7-8-45-6-4-31-22(39)19-10-16(36-37-29)13-38(19)24(41)14-1-2-17-18(9-14)33-27(43)46-25(17)42/h1-2,9,12,16,19,30H,3-8,10-11,13H2,(H,31,39)(H,33,43)(H4,28,32,34,35,40)/t16-,19-/m0/s1. The van der Waals surface area contributed by atoms with Gasteiger partial charge in [0.25, 0.3) is 11.5 Å². The molecule has 0 saturated carbocycles. The van der Waals surface area contributed by atoms with E-state index in [0.29, 0.717) is 37.3 Å². The highest BCUT2D eigenvalue weighted by Gasteiger charge is 2.39. The number of fused-ring (bicyclic) bond motifs is 2. The minimum absolute atomic E-state index is 0.0154. The molecule has 4 aromatic rings. The average Bonchev–Trinajstić information content (AvgIpc) is 3.63. The van der Waals surface area contributed by atoms with Gasteiger partial charge in [-0.15, -0.1) is 0 Å². The first-order valence-electron chi connectivity index (χ1n) is 14.3. The number of hydrogen-bond acceptors (Lipinski definition) is 12. The van der Waals surface area contributed by atoms with Gasteiger partial charge in [-0.25, -0.2) is 9.59 Å². The number of likely N-dealkylation sites (tertiary alicyclic amines) is 1. The fraction of sp³-hybridized carbons (Fsp3) is 0.407. The first-order valence-corrected chi connectivity index (χ1v) is 14.3. The number of amides is 2. The van der Waals surface area contributed by atoms with Gasteiger partial charge in [0.2, 0.25) is 11.9 Å². The lowest BCUT2D eigenvalue weighted by Crippen LogP contribution is -2.46. The number of carbonyl (C=O) groups is 2. The molecule has 0 bridgehead atoms. The summed E-state index contributed by atoms with van der Waals surface area (Å²) in [6.45, 7) is 2.36. The number of nitrogens with one attached hydrogen (secondary N) is 5. The molecule has 2 amide bonds.